The van der Waals surface area contributed by atoms with E-state index in [0.717, 1.165) is 18.4 Å². The molecule has 2 aliphatic heterocycles. The first-order valence-corrected chi connectivity index (χ1v) is 12.4. The molecule has 0 radical (unpaired) electrons. The maximum absolute atomic E-state index is 13.1. The minimum atomic E-state index is -3.43. The van der Waals surface area contributed by atoms with Crippen molar-refractivity contribution < 1.29 is 21.6 Å². The molecule has 2 saturated heterocycles. The van der Waals surface area contributed by atoms with E-state index in [4.69, 9.17) is 4.74 Å². The molecule has 1 aromatic carbocycles. The molecule has 0 N–H and O–H groups in total. The van der Waals surface area contributed by atoms with Crippen molar-refractivity contribution in [1.29, 1.82) is 0 Å². The van der Waals surface area contributed by atoms with Gasteiger partial charge in [0.15, 0.2) is 0 Å². The van der Waals surface area contributed by atoms with Crippen LogP contribution in [-0.4, -0.2) is 62.7 Å². The smallest absolute Gasteiger partial charge is 0.217 e. The van der Waals surface area contributed by atoms with Crippen molar-refractivity contribution >= 4 is 20.0 Å². The molecule has 1 aliphatic carbocycles. The van der Waals surface area contributed by atoms with Crippen LogP contribution in [0.1, 0.15) is 31.2 Å². The zero-order valence-corrected chi connectivity index (χ0v) is 17.1. The highest BCUT2D eigenvalue weighted by Crippen LogP contribution is 2.38. The van der Waals surface area contributed by atoms with Crippen LogP contribution in [0.4, 0.5) is 0 Å². The summed E-state index contributed by atoms with van der Waals surface area (Å²) < 4.78 is 59.5. The van der Waals surface area contributed by atoms with Crippen LogP contribution in [0.25, 0.3) is 0 Å². The van der Waals surface area contributed by atoms with E-state index < -0.39 is 25.3 Å². The second-order valence-electron chi connectivity index (χ2n) is 7.71. The molecule has 9 heteroatoms. The van der Waals surface area contributed by atoms with Crippen molar-refractivity contribution in [2.45, 2.75) is 42.7 Å². The molecule has 3 fully saturated rings. The Hall–Kier alpha value is -1.16. The van der Waals surface area contributed by atoms with Gasteiger partial charge in [-0.2, -0.15) is 4.31 Å². The fraction of sp³-hybridized carbons (Fsp3) is 0.667. The normalized spacial score (nSPS) is 29.2. The SMILES string of the molecule is COc1cccc(CN2C[C@H]3CCN(S(=O)(=O)C4CC4)CC[C@H]3S2(=O)=O)c1. The molecular formula is C18H26N2O5S2. The summed E-state index contributed by atoms with van der Waals surface area (Å²) in [6, 6.07) is 7.44. The molecule has 0 unspecified atom stereocenters. The van der Waals surface area contributed by atoms with Crippen LogP contribution in [0.2, 0.25) is 0 Å². The Morgan fingerprint density at radius 1 is 1.15 bits per heavy atom. The molecular weight excluding hydrogens is 388 g/mol. The minimum Gasteiger partial charge on any atom is -0.497 e. The summed E-state index contributed by atoms with van der Waals surface area (Å²) in [7, 11) is -5.08. The average Bonchev–Trinajstić information content (AvgIpc) is 3.46. The molecule has 0 amide bonds. The second kappa shape index (κ2) is 7.02. The van der Waals surface area contributed by atoms with Gasteiger partial charge >= 0.3 is 0 Å². The van der Waals surface area contributed by atoms with E-state index in [0.29, 0.717) is 44.8 Å². The fourth-order valence-electron chi connectivity index (χ4n) is 4.23. The van der Waals surface area contributed by atoms with Gasteiger partial charge in [-0.3, -0.25) is 0 Å². The number of methoxy groups -OCH3 is 1. The van der Waals surface area contributed by atoms with Gasteiger partial charge in [0, 0.05) is 26.2 Å². The monoisotopic (exact) mass is 414 g/mol. The van der Waals surface area contributed by atoms with E-state index in [1.165, 1.54) is 4.31 Å². The van der Waals surface area contributed by atoms with Crippen molar-refractivity contribution in [3.8, 4) is 5.75 Å². The average molecular weight is 415 g/mol. The Bertz CT molecular complexity index is 911. The molecule has 1 aromatic rings. The maximum Gasteiger partial charge on any atom is 0.217 e. The van der Waals surface area contributed by atoms with Crippen LogP contribution in [-0.2, 0) is 26.6 Å². The highest BCUT2D eigenvalue weighted by atomic mass is 32.2. The number of ether oxygens (including phenoxy) is 1. The molecule has 2 heterocycles. The van der Waals surface area contributed by atoms with E-state index >= 15 is 0 Å². The number of hydrogen-bond acceptors (Lipinski definition) is 5. The lowest BCUT2D eigenvalue weighted by molar-refractivity contribution is 0.362. The van der Waals surface area contributed by atoms with Gasteiger partial charge in [0.2, 0.25) is 20.0 Å². The van der Waals surface area contributed by atoms with Gasteiger partial charge in [0.1, 0.15) is 5.75 Å². The zero-order chi connectivity index (χ0) is 19.2. The lowest BCUT2D eigenvalue weighted by Crippen LogP contribution is -2.36. The van der Waals surface area contributed by atoms with Gasteiger partial charge in [-0.1, -0.05) is 12.1 Å². The van der Waals surface area contributed by atoms with Crippen LogP contribution >= 0.6 is 0 Å². The lowest BCUT2D eigenvalue weighted by Gasteiger charge is -2.21. The van der Waals surface area contributed by atoms with Gasteiger partial charge in [-0.15, -0.1) is 0 Å². The quantitative estimate of drug-likeness (QED) is 0.727. The summed E-state index contributed by atoms with van der Waals surface area (Å²) in [5.74, 6) is 0.694. The summed E-state index contributed by atoms with van der Waals surface area (Å²) in [6.07, 6.45) is 2.45. The number of benzene rings is 1. The molecule has 7 nitrogen and oxygen atoms in total. The molecule has 0 spiro atoms. The lowest BCUT2D eigenvalue weighted by atomic mass is 10.0. The van der Waals surface area contributed by atoms with E-state index in [2.05, 4.69) is 0 Å². The van der Waals surface area contributed by atoms with Crippen LogP contribution in [0, 0.1) is 5.92 Å². The standard InChI is InChI=1S/C18H26N2O5S2/c1-25-16-4-2-3-14(11-16)12-20-13-15-7-9-19(26(21,22)17-5-6-17)10-8-18(15)27(20,23)24/h2-4,11,15,17-18H,5-10,12-13H2,1H3/t15-,18-/m1/s1. The number of sulfonamides is 2. The maximum atomic E-state index is 13.1. The summed E-state index contributed by atoms with van der Waals surface area (Å²) in [6.45, 7) is 1.53. The first-order chi connectivity index (χ1) is 12.8. The number of nitrogens with zero attached hydrogens (tertiary/aromatic N) is 2. The van der Waals surface area contributed by atoms with Crippen molar-refractivity contribution in [3.63, 3.8) is 0 Å². The second-order valence-corrected chi connectivity index (χ2v) is 12.1. The van der Waals surface area contributed by atoms with Crippen molar-refractivity contribution in [2.24, 2.45) is 5.92 Å². The van der Waals surface area contributed by atoms with Crippen LogP contribution < -0.4 is 4.74 Å². The van der Waals surface area contributed by atoms with Crippen molar-refractivity contribution in [3.05, 3.63) is 29.8 Å². The van der Waals surface area contributed by atoms with Crippen molar-refractivity contribution in [2.75, 3.05) is 26.7 Å². The molecule has 27 heavy (non-hydrogen) atoms. The third kappa shape index (κ3) is 3.62. The molecule has 4 rings (SSSR count). The Kier molecular flexibility index (Phi) is 4.99. The molecule has 0 bridgehead atoms. The molecule has 3 aliphatic rings. The van der Waals surface area contributed by atoms with Gasteiger partial charge in [-0.25, -0.2) is 21.1 Å². The number of rotatable bonds is 5. The van der Waals surface area contributed by atoms with E-state index in [1.54, 1.807) is 11.4 Å². The Balaban J connectivity index is 1.48. The predicted molar refractivity (Wildman–Crippen MR) is 102 cm³/mol. The minimum absolute atomic E-state index is 0.0139. The third-order valence-corrected chi connectivity index (χ3v) is 10.7. The largest absolute Gasteiger partial charge is 0.497 e. The summed E-state index contributed by atoms with van der Waals surface area (Å²) in [4.78, 5) is 0. The highest BCUT2D eigenvalue weighted by Gasteiger charge is 2.49. The molecule has 150 valence electrons. The van der Waals surface area contributed by atoms with Gasteiger partial charge in [-0.05, 0) is 49.3 Å². The topological polar surface area (TPSA) is 84.0 Å². The third-order valence-electron chi connectivity index (χ3n) is 5.92. The summed E-state index contributed by atoms with van der Waals surface area (Å²) in [5.41, 5.74) is 0.896. The Morgan fingerprint density at radius 2 is 1.89 bits per heavy atom. The van der Waals surface area contributed by atoms with Gasteiger partial charge < -0.3 is 4.74 Å². The van der Waals surface area contributed by atoms with Gasteiger partial charge in [0.25, 0.3) is 0 Å². The molecule has 0 aromatic heterocycles. The van der Waals surface area contributed by atoms with Crippen LogP contribution in [0.5, 0.6) is 5.75 Å². The summed E-state index contributed by atoms with van der Waals surface area (Å²) >= 11 is 0. The van der Waals surface area contributed by atoms with Crippen LogP contribution in [0.15, 0.2) is 24.3 Å². The summed E-state index contributed by atoms with van der Waals surface area (Å²) in [5, 5.41) is -0.723. The Morgan fingerprint density at radius 3 is 2.59 bits per heavy atom. The highest BCUT2D eigenvalue weighted by molar-refractivity contribution is 7.90. The van der Waals surface area contributed by atoms with Gasteiger partial charge in [0.05, 0.1) is 17.6 Å². The predicted octanol–water partition coefficient (Wildman–Crippen LogP) is 1.41. The molecule has 2 atom stereocenters. The zero-order valence-electron chi connectivity index (χ0n) is 15.5. The van der Waals surface area contributed by atoms with Crippen molar-refractivity contribution in [1.82, 2.24) is 8.61 Å². The number of fused-ring (bicyclic) bond motifs is 1. The first kappa shape index (κ1) is 19.2. The first-order valence-electron chi connectivity index (χ1n) is 9.43. The molecule has 1 saturated carbocycles. The number of hydrogen-bond donors (Lipinski definition) is 0. The van der Waals surface area contributed by atoms with E-state index in [9.17, 15) is 16.8 Å². The Labute approximate surface area is 161 Å². The van der Waals surface area contributed by atoms with E-state index in [-0.39, 0.29) is 11.2 Å². The van der Waals surface area contributed by atoms with Crippen LogP contribution in [0.3, 0.4) is 0 Å². The van der Waals surface area contributed by atoms with E-state index in [1.807, 2.05) is 24.3 Å². The fourth-order valence-corrected chi connectivity index (χ4v) is 8.33.